The second-order valence-corrected chi connectivity index (χ2v) is 3.39. The minimum Gasteiger partial charge on any atom is -0.322 e. The molecule has 0 bridgehead atoms. The van der Waals surface area contributed by atoms with E-state index in [1.807, 2.05) is 12.1 Å². The molecule has 5 heteroatoms. The average molecular weight is 223 g/mol. The quantitative estimate of drug-likeness (QED) is 0.579. The van der Waals surface area contributed by atoms with Crippen molar-refractivity contribution in [1.82, 2.24) is 4.57 Å². The van der Waals surface area contributed by atoms with Crippen molar-refractivity contribution in [3.8, 4) is 5.69 Å². The van der Waals surface area contributed by atoms with Gasteiger partial charge in [-0.25, -0.2) is 0 Å². The second-order valence-electron chi connectivity index (χ2n) is 2.98. The third-order valence-corrected chi connectivity index (χ3v) is 2.34. The molecule has 0 saturated heterocycles. The number of nitrogens with zero attached hydrogens (tertiary/aromatic N) is 2. The molecular weight excluding hydrogens is 216 g/mol. The highest BCUT2D eigenvalue weighted by molar-refractivity contribution is 6.32. The number of non-ortho nitro benzene ring substituents is 1. The van der Waals surface area contributed by atoms with Crippen LogP contribution in [0.15, 0.2) is 42.7 Å². The zero-order valence-corrected chi connectivity index (χ0v) is 8.39. The Labute approximate surface area is 90.9 Å². The fraction of sp³-hybridized carbons (Fsp3) is 0. The van der Waals surface area contributed by atoms with Crippen molar-refractivity contribution in [2.45, 2.75) is 0 Å². The predicted octanol–water partition coefficient (Wildman–Crippen LogP) is 3.04. The standard InChI is InChI=1S/C10H7ClN2O2/c11-9-4-3-8(13(14)15)7-10(9)12-5-1-2-6-12/h1-7H. The zero-order valence-electron chi connectivity index (χ0n) is 7.63. The van der Waals surface area contributed by atoms with E-state index in [0.717, 1.165) is 0 Å². The summed E-state index contributed by atoms with van der Waals surface area (Å²) in [6.45, 7) is 0. The number of rotatable bonds is 2. The summed E-state index contributed by atoms with van der Waals surface area (Å²) in [5.74, 6) is 0. The van der Waals surface area contributed by atoms with Crippen LogP contribution in [0.3, 0.4) is 0 Å². The first-order chi connectivity index (χ1) is 7.18. The molecule has 15 heavy (non-hydrogen) atoms. The van der Waals surface area contributed by atoms with Gasteiger partial charge < -0.3 is 4.57 Å². The summed E-state index contributed by atoms with van der Waals surface area (Å²) >= 11 is 5.95. The molecule has 0 unspecified atom stereocenters. The number of nitro benzene ring substituents is 1. The minimum atomic E-state index is -0.441. The largest absolute Gasteiger partial charge is 0.322 e. The minimum absolute atomic E-state index is 0.0306. The van der Waals surface area contributed by atoms with Gasteiger partial charge in [0.1, 0.15) is 0 Å². The van der Waals surface area contributed by atoms with Gasteiger partial charge in [-0.1, -0.05) is 11.6 Å². The number of hydrogen-bond acceptors (Lipinski definition) is 2. The SMILES string of the molecule is O=[N+]([O-])c1ccc(Cl)c(-n2cccc2)c1. The lowest BCUT2D eigenvalue weighted by Gasteiger charge is -2.04. The highest BCUT2D eigenvalue weighted by atomic mass is 35.5. The van der Waals surface area contributed by atoms with Crippen molar-refractivity contribution in [1.29, 1.82) is 0 Å². The normalized spacial score (nSPS) is 10.2. The summed E-state index contributed by atoms with van der Waals surface area (Å²) in [7, 11) is 0. The first-order valence-corrected chi connectivity index (χ1v) is 4.63. The number of benzene rings is 1. The van der Waals surface area contributed by atoms with Crippen LogP contribution in [0, 0.1) is 10.1 Å². The summed E-state index contributed by atoms with van der Waals surface area (Å²) in [5.41, 5.74) is 0.638. The Bertz CT molecular complexity index is 494. The van der Waals surface area contributed by atoms with E-state index >= 15 is 0 Å². The maximum atomic E-state index is 10.6. The summed E-state index contributed by atoms with van der Waals surface area (Å²) in [5, 5.41) is 11.1. The van der Waals surface area contributed by atoms with Crippen molar-refractivity contribution in [3.05, 3.63) is 57.9 Å². The Kier molecular flexibility index (Phi) is 2.43. The van der Waals surface area contributed by atoms with Crippen molar-refractivity contribution >= 4 is 17.3 Å². The Morgan fingerprint density at radius 1 is 1.27 bits per heavy atom. The molecular formula is C10H7ClN2O2. The maximum Gasteiger partial charge on any atom is 0.271 e. The summed E-state index contributed by atoms with van der Waals surface area (Å²) in [6.07, 6.45) is 3.57. The third kappa shape index (κ3) is 1.85. The van der Waals surface area contributed by atoms with Gasteiger partial charge >= 0.3 is 0 Å². The first-order valence-electron chi connectivity index (χ1n) is 4.26. The topological polar surface area (TPSA) is 48.1 Å². The molecule has 1 aromatic heterocycles. The van der Waals surface area contributed by atoms with E-state index in [4.69, 9.17) is 11.6 Å². The summed E-state index contributed by atoms with van der Waals surface area (Å²) < 4.78 is 1.73. The van der Waals surface area contributed by atoms with Crippen molar-refractivity contribution < 1.29 is 4.92 Å². The van der Waals surface area contributed by atoms with E-state index in [-0.39, 0.29) is 5.69 Å². The highest BCUT2D eigenvalue weighted by Crippen LogP contribution is 2.25. The van der Waals surface area contributed by atoms with Gasteiger partial charge in [0, 0.05) is 24.5 Å². The number of hydrogen-bond donors (Lipinski definition) is 0. The zero-order chi connectivity index (χ0) is 10.8. The summed E-state index contributed by atoms with van der Waals surface area (Å²) in [6, 6.07) is 8.01. The van der Waals surface area contributed by atoms with Crippen LogP contribution in [0.5, 0.6) is 0 Å². The Morgan fingerprint density at radius 2 is 1.93 bits per heavy atom. The predicted molar refractivity (Wildman–Crippen MR) is 57.4 cm³/mol. The molecule has 0 fully saturated rings. The monoisotopic (exact) mass is 222 g/mol. The Balaban J connectivity index is 2.55. The van der Waals surface area contributed by atoms with Crippen molar-refractivity contribution in [2.24, 2.45) is 0 Å². The van der Waals surface area contributed by atoms with Gasteiger partial charge in [-0.15, -0.1) is 0 Å². The molecule has 0 N–H and O–H groups in total. The van der Waals surface area contributed by atoms with Crippen molar-refractivity contribution in [2.75, 3.05) is 0 Å². The molecule has 0 amide bonds. The fourth-order valence-electron chi connectivity index (χ4n) is 1.31. The van der Waals surface area contributed by atoms with E-state index in [1.165, 1.54) is 18.2 Å². The van der Waals surface area contributed by atoms with E-state index in [9.17, 15) is 10.1 Å². The van der Waals surface area contributed by atoms with Crippen LogP contribution in [0.1, 0.15) is 0 Å². The molecule has 4 nitrogen and oxygen atoms in total. The van der Waals surface area contributed by atoms with Crippen LogP contribution in [-0.4, -0.2) is 9.49 Å². The Morgan fingerprint density at radius 3 is 2.53 bits per heavy atom. The lowest BCUT2D eigenvalue weighted by molar-refractivity contribution is -0.384. The van der Waals surface area contributed by atoms with Crippen LogP contribution in [0.4, 0.5) is 5.69 Å². The van der Waals surface area contributed by atoms with Crippen LogP contribution in [0.25, 0.3) is 5.69 Å². The maximum absolute atomic E-state index is 10.6. The van der Waals surface area contributed by atoms with E-state index in [1.54, 1.807) is 17.0 Å². The van der Waals surface area contributed by atoms with Gasteiger partial charge in [0.2, 0.25) is 0 Å². The van der Waals surface area contributed by atoms with Gasteiger partial charge in [-0.3, -0.25) is 10.1 Å². The van der Waals surface area contributed by atoms with Gasteiger partial charge in [-0.2, -0.15) is 0 Å². The van der Waals surface area contributed by atoms with Crippen LogP contribution in [0.2, 0.25) is 5.02 Å². The number of nitro groups is 1. The molecule has 0 spiro atoms. The van der Waals surface area contributed by atoms with E-state index in [0.29, 0.717) is 10.7 Å². The average Bonchev–Trinajstić information content (AvgIpc) is 2.71. The number of aromatic nitrogens is 1. The van der Waals surface area contributed by atoms with Crippen LogP contribution >= 0.6 is 11.6 Å². The fourth-order valence-corrected chi connectivity index (χ4v) is 1.52. The molecule has 0 aliphatic heterocycles. The van der Waals surface area contributed by atoms with Gasteiger partial charge in [-0.05, 0) is 18.2 Å². The molecule has 1 heterocycles. The number of halogens is 1. The molecule has 0 aliphatic carbocycles. The van der Waals surface area contributed by atoms with Gasteiger partial charge in [0.05, 0.1) is 15.6 Å². The Hall–Kier alpha value is -1.81. The van der Waals surface area contributed by atoms with Crippen LogP contribution < -0.4 is 0 Å². The second kappa shape index (κ2) is 3.74. The molecule has 0 radical (unpaired) electrons. The van der Waals surface area contributed by atoms with E-state index < -0.39 is 4.92 Å². The molecule has 2 aromatic rings. The van der Waals surface area contributed by atoms with E-state index in [2.05, 4.69) is 0 Å². The molecule has 0 aliphatic rings. The summed E-state index contributed by atoms with van der Waals surface area (Å²) in [4.78, 5) is 10.1. The smallest absolute Gasteiger partial charge is 0.271 e. The molecule has 0 atom stereocenters. The molecule has 0 saturated carbocycles. The van der Waals surface area contributed by atoms with Crippen LogP contribution in [-0.2, 0) is 0 Å². The van der Waals surface area contributed by atoms with Gasteiger partial charge in [0.15, 0.2) is 0 Å². The van der Waals surface area contributed by atoms with Crippen molar-refractivity contribution in [3.63, 3.8) is 0 Å². The lowest BCUT2D eigenvalue weighted by Crippen LogP contribution is -1.94. The van der Waals surface area contributed by atoms with Gasteiger partial charge in [0.25, 0.3) is 5.69 Å². The third-order valence-electron chi connectivity index (χ3n) is 2.02. The first kappa shape index (κ1) is 9.73. The lowest BCUT2D eigenvalue weighted by atomic mass is 10.3. The highest BCUT2D eigenvalue weighted by Gasteiger charge is 2.10. The molecule has 1 aromatic carbocycles. The molecule has 2 rings (SSSR count). The molecule has 76 valence electrons.